The summed E-state index contributed by atoms with van der Waals surface area (Å²) in [5.74, 6) is -1.05. The predicted octanol–water partition coefficient (Wildman–Crippen LogP) is 2.27. The van der Waals surface area contributed by atoms with Crippen molar-refractivity contribution >= 4 is 5.97 Å². The molecule has 0 aromatic heterocycles. The van der Waals surface area contributed by atoms with Crippen molar-refractivity contribution in [3.8, 4) is 0 Å². The molecule has 130 valence electrons. The van der Waals surface area contributed by atoms with Gasteiger partial charge in [-0.2, -0.15) is 0 Å². The molecule has 0 amide bonds. The molecule has 1 aromatic carbocycles. The van der Waals surface area contributed by atoms with E-state index in [2.05, 4.69) is 0 Å². The van der Waals surface area contributed by atoms with Crippen LogP contribution in [-0.4, -0.2) is 49.1 Å². The molecule has 3 fully saturated rings. The summed E-state index contributed by atoms with van der Waals surface area (Å²) in [5, 5.41) is 0. The van der Waals surface area contributed by atoms with Crippen molar-refractivity contribution in [3.05, 3.63) is 35.9 Å². The third kappa shape index (κ3) is 2.37. The van der Waals surface area contributed by atoms with Gasteiger partial charge in [-0.25, -0.2) is 4.79 Å². The molecule has 24 heavy (non-hydrogen) atoms. The van der Waals surface area contributed by atoms with Crippen molar-refractivity contribution in [3.63, 3.8) is 0 Å². The monoisotopic (exact) mass is 334 g/mol. The lowest BCUT2D eigenvalue weighted by molar-refractivity contribution is -0.288. The van der Waals surface area contributed by atoms with E-state index in [1.807, 2.05) is 32.0 Å². The van der Waals surface area contributed by atoms with Crippen molar-refractivity contribution in [2.75, 3.05) is 7.11 Å². The van der Waals surface area contributed by atoms with Crippen LogP contribution in [0.4, 0.5) is 0 Å². The number of benzene rings is 1. The molecule has 0 bridgehead atoms. The molecule has 0 radical (unpaired) electrons. The third-order valence-corrected chi connectivity index (χ3v) is 5.05. The van der Waals surface area contributed by atoms with Crippen molar-refractivity contribution in [1.82, 2.24) is 0 Å². The highest BCUT2D eigenvalue weighted by molar-refractivity contribution is 5.89. The quantitative estimate of drug-likeness (QED) is 0.790. The summed E-state index contributed by atoms with van der Waals surface area (Å²) in [6.45, 7) is 3.74. The molecule has 2 saturated heterocycles. The van der Waals surface area contributed by atoms with Gasteiger partial charge in [0.15, 0.2) is 12.1 Å². The largest absolute Gasteiger partial charge is 0.456 e. The molecule has 1 spiro atoms. The maximum absolute atomic E-state index is 12.4. The van der Waals surface area contributed by atoms with Gasteiger partial charge >= 0.3 is 5.97 Å². The highest BCUT2D eigenvalue weighted by atomic mass is 16.8. The minimum Gasteiger partial charge on any atom is -0.456 e. The normalized spacial score (nSPS) is 39.5. The van der Waals surface area contributed by atoms with Crippen LogP contribution >= 0.6 is 0 Å². The molecule has 2 heterocycles. The molecular weight excluding hydrogens is 312 g/mol. The molecule has 1 aromatic rings. The number of fused-ring (bicyclic) bond motifs is 2. The van der Waals surface area contributed by atoms with Gasteiger partial charge in [0, 0.05) is 7.11 Å². The average Bonchev–Trinajstić information content (AvgIpc) is 3.04. The zero-order chi connectivity index (χ0) is 16.9. The Hall–Kier alpha value is -1.47. The van der Waals surface area contributed by atoms with Crippen LogP contribution in [0.2, 0.25) is 0 Å². The summed E-state index contributed by atoms with van der Waals surface area (Å²) in [4.78, 5) is 12.4. The van der Waals surface area contributed by atoms with Gasteiger partial charge in [-0.05, 0) is 38.8 Å². The Morgan fingerprint density at radius 2 is 1.92 bits per heavy atom. The van der Waals surface area contributed by atoms with Crippen LogP contribution in [0.15, 0.2) is 30.3 Å². The van der Waals surface area contributed by atoms with Crippen LogP contribution in [0.3, 0.4) is 0 Å². The summed E-state index contributed by atoms with van der Waals surface area (Å²) in [7, 11) is 1.58. The summed E-state index contributed by atoms with van der Waals surface area (Å²) < 4.78 is 29.2. The first kappa shape index (κ1) is 16.0. The van der Waals surface area contributed by atoms with Crippen molar-refractivity contribution < 1.29 is 28.5 Å². The average molecular weight is 334 g/mol. The van der Waals surface area contributed by atoms with Crippen LogP contribution in [0.25, 0.3) is 0 Å². The molecule has 2 aliphatic heterocycles. The van der Waals surface area contributed by atoms with E-state index in [1.54, 1.807) is 19.2 Å². The van der Waals surface area contributed by atoms with E-state index in [9.17, 15) is 4.79 Å². The molecule has 3 aliphatic rings. The lowest BCUT2D eigenvalue weighted by Gasteiger charge is -2.47. The molecule has 6 heteroatoms. The Bertz CT molecular complexity index is 630. The van der Waals surface area contributed by atoms with Gasteiger partial charge in [-0.3, -0.25) is 0 Å². The number of ether oxygens (including phenoxy) is 5. The minimum absolute atomic E-state index is 0.306. The van der Waals surface area contributed by atoms with E-state index in [4.69, 9.17) is 23.7 Å². The zero-order valence-corrected chi connectivity index (χ0v) is 14.1. The molecule has 6 nitrogen and oxygen atoms in total. The number of hydrogen-bond donors (Lipinski definition) is 0. The Balaban J connectivity index is 1.54. The van der Waals surface area contributed by atoms with E-state index >= 15 is 0 Å². The Labute approximate surface area is 141 Å². The van der Waals surface area contributed by atoms with Crippen molar-refractivity contribution in [2.24, 2.45) is 0 Å². The third-order valence-electron chi connectivity index (χ3n) is 5.05. The maximum Gasteiger partial charge on any atom is 0.338 e. The molecule has 5 atom stereocenters. The number of carbonyl (C=O) groups is 1. The Morgan fingerprint density at radius 3 is 2.54 bits per heavy atom. The first-order valence-corrected chi connectivity index (χ1v) is 8.27. The maximum atomic E-state index is 12.4. The summed E-state index contributed by atoms with van der Waals surface area (Å²) in [6.07, 6.45) is -0.0178. The van der Waals surface area contributed by atoms with E-state index < -0.39 is 17.7 Å². The van der Waals surface area contributed by atoms with Gasteiger partial charge in [0.25, 0.3) is 0 Å². The van der Waals surface area contributed by atoms with E-state index in [-0.39, 0.29) is 24.3 Å². The molecular formula is C18H22O6. The topological polar surface area (TPSA) is 63.2 Å². The second kappa shape index (κ2) is 5.52. The van der Waals surface area contributed by atoms with Crippen LogP contribution in [-0.2, 0) is 23.7 Å². The summed E-state index contributed by atoms with van der Waals surface area (Å²) in [6, 6.07) is 8.96. The molecule has 1 unspecified atom stereocenters. The number of methoxy groups -OCH3 is 1. The lowest BCUT2D eigenvalue weighted by atomic mass is 9.72. The smallest absolute Gasteiger partial charge is 0.338 e. The highest BCUT2D eigenvalue weighted by Crippen LogP contribution is 2.54. The lowest BCUT2D eigenvalue weighted by Crippen LogP contribution is -2.61. The van der Waals surface area contributed by atoms with Crippen molar-refractivity contribution in [2.45, 2.75) is 62.7 Å². The molecule has 4 rings (SSSR count). The first-order chi connectivity index (χ1) is 11.5. The summed E-state index contributed by atoms with van der Waals surface area (Å²) >= 11 is 0. The van der Waals surface area contributed by atoms with E-state index in [1.165, 1.54) is 0 Å². The van der Waals surface area contributed by atoms with Crippen molar-refractivity contribution in [1.29, 1.82) is 0 Å². The minimum atomic E-state index is -0.702. The molecule has 1 saturated carbocycles. The number of esters is 1. The van der Waals surface area contributed by atoms with Crippen LogP contribution in [0, 0.1) is 0 Å². The molecule has 0 N–H and O–H groups in total. The van der Waals surface area contributed by atoms with Gasteiger partial charge in [0.2, 0.25) is 0 Å². The fourth-order valence-corrected chi connectivity index (χ4v) is 3.84. The van der Waals surface area contributed by atoms with E-state index in [0.29, 0.717) is 5.56 Å². The Morgan fingerprint density at radius 1 is 1.17 bits per heavy atom. The van der Waals surface area contributed by atoms with Crippen LogP contribution < -0.4 is 0 Å². The van der Waals surface area contributed by atoms with Crippen LogP contribution in [0.5, 0.6) is 0 Å². The SMILES string of the molecule is CO[C@@H]1O[C@]2(CC[C@@H]2OC(=O)c2ccccc2)[C@@H]2OC(C)(C)OC12. The van der Waals surface area contributed by atoms with Gasteiger partial charge in [0.05, 0.1) is 5.56 Å². The predicted molar refractivity (Wildman–Crippen MR) is 83.3 cm³/mol. The molecule has 1 aliphatic carbocycles. The second-order valence-electron chi connectivity index (χ2n) is 7.00. The fourth-order valence-electron chi connectivity index (χ4n) is 3.84. The van der Waals surface area contributed by atoms with Gasteiger partial charge in [0.1, 0.15) is 23.9 Å². The summed E-state index contributed by atoms with van der Waals surface area (Å²) in [5.41, 5.74) is -0.162. The Kier molecular flexibility index (Phi) is 3.69. The standard InChI is InChI=1S/C18H22O6/c1-17(2)22-13-14(23-17)18(24-16(13)20-3)10-9-12(18)21-15(19)11-7-5-4-6-8-11/h4-8,12-14,16H,9-10H2,1-3H3/t12-,13?,14+,16+,18-/m0/s1. The van der Waals surface area contributed by atoms with E-state index in [0.717, 1.165) is 12.8 Å². The van der Waals surface area contributed by atoms with Crippen LogP contribution in [0.1, 0.15) is 37.0 Å². The number of rotatable bonds is 3. The zero-order valence-electron chi connectivity index (χ0n) is 14.1. The van der Waals surface area contributed by atoms with Gasteiger partial charge in [-0.15, -0.1) is 0 Å². The van der Waals surface area contributed by atoms with Gasteiger partial charge in [-0.1, -0.05) is 18.2 Å². The van der Waals surface area contributed by atoms with Gasteiger partial charge < -0.3 is 23.7 Å². The second-order valence-corrected chi connectivity index (χ2v) is 7.00. The first-order valence-electron chi connectivity index (χ1n) is 8.27. The number of hydrogen-bond acceptors (Lipinski definition) is 6. The fraction of sp³-hybridized carbons (Fsp3) is 0.611. The highest BCUT2D eigenvalue weighted by Gasteiger charge is 2.70. The number of carbonyl (C=O) groups excluding carboxylic acids is 1.